The Balaban J connectivity index is 1.45. The third-order valence-electron chi connectivity index (χ3n) is 4.49. The number of aromatic nitrogens is 6. The first-order valence-electron chi connectivity index (χ1n) is 8.93. The average Bonchev–Trinajstić information content (AvgIpc) is 3.42. The zero-order chi connectivity index (χ0) is 20.2. The summed E-state index contributed by atoms with van der Waals surface area (Å²) >= 11 is 0. The van der Waals surface area contributed by atoms with E-state index < -0.39 is 5.97 Å². The van der Waals surface area contributed by atoms with Crippen LogP contribution in [0.3, 0.4) is 0 Å². The molecular formula is C20H18N6O3. The highest BCUT2D eigenvalue weighted by molar-refractivity contribution is 5.87. The lowest BCUT2D eigenvalue weighted by atomic mass is 10.2. The Hall–Kier alpha value is -4.01. The summed E-state index contributed by atoms with van der Waals surface area (Å²) in [6, 6.07) is 14.1. The molecule has 0 amide bonds. The quantitative estimate of drug-likeness (QED) is 0.516. The summed E-state index contributed by atoms with van der Waals surface area (Å²) in [5.74, 6) is -0.179. The van der Waals surface area contributed by atoms with Crippen molar-refractivity contribution in [1.82, 2.24) is 30.0 Å². The number of carboxylic acids is 1. The minimum atomic E-state index is -0.960. The molecule has 4 rings (SSSR count). The van der Waals surface area contributed by atoms with Crippen LogP contribution in [-0.2, 0) is 12.8 Å². The van der Waals surface area contributed by atoms with E-state index in [1.165, 1.54) is 12.1 Å². The van der Waals surface area contributed by atoms with E-state index in [2.05, 4.69) is 20.6 Å². The molecule has 9 nitrogen and oxygen atoms in total. The van der Waals surface area contributed by atoms with Crippen LogP contribution >= 0.6 is 0 Å². The fraction of sp³-hybridized carbons (Fsp3) is 0.150. The largest absolute Gasteiger partial charge is 0.497 e. The van der Waals surface area contributed by atoms with Crippen molar-refractivity contribution < 1.29 is 14.6 Å². The second kappa shape index (κ2) is 7.93. The number of carboxylic acid groups (broad SMARTS) is 1. The van der Waals surface area contributed by atoms with Gasteiger partial charge in [-0.2, -0.15) is 0 Å². The van der Waals surface area contributed by atoms with E-state index in [1.54, 1.807) is 34.8 Å². The monoisotopic (exact) mass is 390 g/mol. The first kappa shape index (κ1) is 18.4. The number of ether oxygens (including phenoxy) is 1. The summed E-state index contributed by atoms with van der Waals surface area (Å²) in [6.07, 6.45) is 4.92. The zero-order valence-corrected chi connectivity index (χ0v) is 15.6. The second-order valence-electron chi connectivity index (χ2n) is 6.34. The topological polar surface area (TPSA) is 108 Å². The fourth-order valence-electron chi connectivity index (χ4n) is 2.92. The molecule has 0 radical (unpaired) electrons. The molecule has 2 aromatic heterocycles. The predicted molar refractivity (Wildman–Crippen MR) is 104 cm³/mol. The van der Waals surface area contributed by atoms with Gasteiger partial charge in [0.05, 0.1) is 47.8 Å². The van der Waals surface area contributed by atoms with Crippen LogP contribution < -0.4 is 4.74 Å². The Morgan fingerprint density at radius 1 is 1.00 bits per heavy atom. The van der Waals surface area contributed by atoms with E-state index in [0.29, 0.717) is 12.8 Å². The lowest BCUT2D eigenvalue weighted by molar-refractivity contribution is 0.0697. The molecule has 4 aromatic rings. The van der Waals surface area contributed by atoms with Gasteiger partial charge in [-0.15, -0.1) is 10.2 Å². The summed E-state index contributed by atoms with van der Waals surface area (Å²) in [7, 11) is 1.63. The van der Waals surface area contributed by atoms with Crippen LogP contribution in [0.4, 0.5) is 0 Å². The second-order valence-corrected chi connectivity index (χ2v) is 6.34. The van der Waals surface area contributed by atoms with Crippen LogP contribution in [0.5, 0.6) is 5.75 Å². The van der Waals surface area contributed by atoms with Crippen molar-refractivity contribution >= 4 is 5.97 Å². The van der Waals surface area contributed by atoms with Gasteiger partial charge >= 0.3 is 5.97 Å². The number of aromatic carboxylic acids is 1. The number of carbonyl (C=O) groups is 1. The maximum Gasteiger partial charge on any atom is 0.335 e. The molecule has 2 aromatic carbocycles. The third kappa shape index (κ3) is 3.98. The molecule has 0 spiro atoms. The number of hydrogen-bond acceptors (Lipinski definition) is 6. The molecule has 0 fully saturated rings. The molecule has 0 saturated heterocycles. The molecule has 0 bridgehead atoms. The SMILES string of the molecule is COc1ccc(-n2nncc2CCc2cn(-c3ccc(C(=O)O)cc3)nn2)cc1. The molecule has 0 unspecified atom stereocenters. The minimum absolute atomic E-state index is 0.230. The molecule has 2 heterocycles. The first-order valence-corrected chi connectivity index (χ1v) is 8.93. The Morgan fingerprint density at radius 2 is 1.72 bits per heavy atom. The van der Waals surface area contributed by atoms with E-state index in [0.717, 1.165) is 28.5 Å². The van der Waals surface area contributed by atoms with E-state index in [4.69, 9.17) is 9.84 Å². The summed E-state index contributed by atoms with van der Waals surface area (Å²) < 4.78 is 8.60. The molecule has 0 aliphatic carbocycles. The van der Waals surface area contributed by atoms with E-state index >= 15 is 0 Å². The summed E-state index contributed by atoms with van der Waals surface area (Å²) in [5.41, 5.74) is 3.65. The van der Waals surface area contributed by atoms with Gasteiger partial charge in [0.2, 0.25) is 0 Å². The highest BCUT2D eigenvalue weighted by Gasteiger charge is 2.10. The van der Waals surface area contributed by atoms with E-state index in [-0.39, 0.29) is 5.56 Å². The maximum atomic E-state index is 11.0. The third-order valence-corrected chi connectivity index (χ3v) is 4.49. The molecule has 0 atom stereocenters. The number of nitrogens with zero attached hydrogens (tertiary/aromatic N) is 6. The highest BCUT2D eigenvalue weighted by Crippen LogP contribution is 2.16. The van der Waals surface area contributed by atoms with Crippen molar-refractivity contribution in [3.05, 3.63) is 77.9 Å². The lowest BCUT2D eigenvalue weighted by Crippen LogP contribution is -2.04. The normalized spacial score (nSPS) is 10.8. The van der Waals surface area contributed by atoms with Crippen LogP contribution in [-0.4, -0.2) is 48.2 Å². The Morgan fingerprint density at radius 3 is 2.41 bits per heavy atom. The van der Waals surface area contributed by atoms with Crippen LogP contribution in [0.15, 0.2) is 60.9 Å². The molecule has 146 valence electrons. The smallest absolute Gasteiger partial charge is 0.335 e. The molecule has 1 N–H and O–H groups in total. The van der Waals surface area contributed by atoms with Gasteiger partial charge in [-0.25, -0.2) is 14.2 Å². The number of rotatable bonds is 7. The van der Waals surface area contributed by atoms with Crippen molar-refractivity contribution in [2.24, 2.45) is 0 Å². The van der Waals surface area contributed by atoms with Gasteiger partial charge < -0.3 is 9.84 Å². The average molecular weight is 390 g/mol. The number of methoxy groups -OCH3 is 1. The predicted octanol–water partition coefficient (Wildman–Crippen LogP) is 2.34. The Kier molecular flexibility index (Phi) is 5.02. The van der Waals surface area contributed by atoms with Gasteiger partial charge in [0.1, 0.15) is 5.75 Å². The van der Waals surface area contributed by atoms with Gasteiger partial charge in [-0.05, 0) is 61.4 Å². The summed E-state index contributed by atoms with van der Waals surface area (Å²) in [6.45, 7) is 0. The van der Waals surface area contributed by atoms with Gasteiger partial charge in [0.25, 0.3) is 0 Å². The first-order chi connectivity index (χ1) is 14.1. The van der Waals surface area contributed by atoms with Crippen LogP contribution in [0, 0.1) is 0 Å². The summed E-state index contributed by atoms with van der Waals surface area (Å²) in [4.78, 5) is 11.0. The Labute approximate surface area is 166 Å². The number of benzene rings is 2. The lowest BCUT2D eigenvalue weighted by Gasteiger charge is -2.06. The van der Waals surface area contributed by atoms with Crippen molar-refractivity contribution in [1.29, 1.82) is 0 Å². The summed E-state index contributed by atoms with van der Waals surface area (Å²) in [5, 5.41) is 25.5. The number of aryl methyl sites for hydroxylation is 2. The Bertz CT molecular complexity index is 1120. The maximum absolute atomic E-state index is 11.0. The molecule has 29 heavy (non-hydrogen) atoms. The molecular weight excluding hydrogens is 372 g/mol. The van der Waals surface area contributed by atoms with E-state index in [1.807, 2.05) is 30.5 Å². The van der Waals surface area contributed by atoms with Crippen molar-refractivity contribution in [3.8, 4) is 17.1 Å². The van der Waals surface area contributed by atoms with Crippen LogP contribution in [0.25, 0.3) is 11.4 Å². The zero-order valence-electron chi connectivity index (χ0n) is 15.6. The van der Waals surface area contributed by atoms with Gasteiger partial charge in [-0.3, -0.25) is 0 Å². The van der Waals surface area contributed by atoms with Gasteiger partial charge in [-0.1, -0.05) is 10.4 Å². The van der Waals surface area contributed by atoms with Crippen molar-refractivity contribution in [2.75, 3.05) is 7.11 Å². The van der Waals surface area contributed by atoms with Crippen molar-refractivity contribution in [2.45, 2.75) is 12.8 Å². The fourth-order valence-corrected chi connectivity index (χ4v) is 2.92. The van der Waals surface area contributed by atoms with Gasteiger partial charge in [0.15, 0.2) is 0 Å². The van der Waals surface area contributed by atoms with E-state index in [9.17, 15) is 4.79 Å². The molecule has 0 aliphatic heterocycles. The molecule has 0 aliphatic rings. The molecule has 9 heteroatoms. The van der Waals surface area contributed by atoms with Crippen molar-refractivity contribution in [3.63, 3.8) is 0 Å². The minimum Gasteiger partial charge on any atom is -0.497 e. The highest BCUT2D eigenvalue weighted by atomic mass is 16.5. The van der Waals surface area contributed by atoms with Crippen LogP contribution in [0.1, 0.15) is 21.7 Å². The van der Waals surface area contributed by atoms with Gasteiger partial charge in [0, 0.05) is 0 Å². The number of hydrogen-bond donors (Lipinski definition) is 1. The molecule has 0 saturated carbocycles. The van der Waals surface area contributed by atoms with Crippen LogP contribution in [0.2, 0.25) is 0 Å². The standard InChI is InChI=1S/C20H18N6O3/c1-29-19-10-8-17(9-11-19)26-18(12-21-23-26)7-4-15-13-25(24-22-15)16-5-2-14(3-6-16)20(27)28/h2-3,5-6,8-13H,4,7H2,1H3,(H,27,28).